The SMILES string of the molecule is CC(O)N1CCC(N2CCCC2)CC1. The Kier molecular flexibility index (Phi) is 3.42. The quantitative estimate of drug-likeness (QED) is 0.713. The lowest BCUT2D eigenvalue weighted by atomic mass is 10.0. The highest BCUT2D eigenvalue weighted by molar-refractivity contribution is 4.82. The van der Waals surface area contributed by atoms with Crippen LogP contribution in [0.4, 0.5) is 0 Å². The van der Waals surface area contributed by atoms with E-state index in [2.05, 4.69) is 9.80 Å². The first-order valence-corrected chi connectivity index (χ1v) is 5.93. The van der Waals surface area contributed by atoms with Crippen LogP contribution in [0.15, 0.2) is 0 Å². The maximum absolute atomic E-state index is 9.44. The van der Waals surface area contributed by atoms with Crippen molar-refractivity contribution in [1.82, 2.24) is 9.80 Å². The fraction of sp³-hybridized carbons (Fsp3) is 1.00. The molecule has 0 saturated carbocycles. The van der Waals surface area contributed by atoms with Gasteiger partial charge in [0.2, 0.25) is 0 Å². The lowest BCUT2D eigenvalue weighted by Gasteiger charge is -2.37. The third-order valence-electron chi connectivity index (χ3n) is 3.68. The van der Waals surface area contributed by atoms with Crippen molar-refractivity contribution >= 4 is 0 Å². The van der Waals surface area contributed by atoms with E-state index in [0.717, 1.165) is 19.1 Å². The maximum atomic E-state index is 9.44. The van der Waals surface area contributed by atoms with E-state index in [1.807, 2.05) is 6.92 Å². The van der Waals surface area contributed by atoms with Crippen molar-refractivity contribution in [3.05, 3.63) is 0 Å². The molecule has 0 bridgehead atoms. The molecule has 1 atom stereocenters. The number of aliphatic hydroxyl groups excluding tert-OH is 1. The lowest BCUT2D eigenvalue weighted by Crippen LogP contribution is -2.46. The molecule has 2 rings (SSSR count). The predicted molar refractivity (Wildman–Crippen MR) is 57.1 cm³/mol. The average molecular weight is 198 g/mol. The highest BCUT2D eigenvalue weighted by Gasteiger charge is 2.27. The van der Waals surface area contributed by atoms with Gasteiger partial charge in [-0.1, -0.05) is 0 Å². The van der Waals surface area contributed by atoms with Gasteiger partial charge in [-0.3, -0.25) is 4.90 Å². The summed E-state index contributed by atoms with van der Waals surface area (Å²) in [6, 6.07) is 0.799. The topological polar surface area (TPSA) is 26.7 Å². The van der Waals surface area contributed by atoms with Gasteiger partial charge in [-0.25, -0.2) is 0 Å². The van der Waals surface area contributed by atoms with E-state index in [9.17, 15) is 5.11 Å². The molecule has 0 spiro atoms. The Hall–Kier alpha value is -0.120. The molecule has 2 fully saturated rings. The second kappa shape index (κ2) is 4.60. The summed E-state index contributed by atoms with van der Waals surface area (Å²) in [6.45, 7) is 6.62. The van der Waals surface area contributed by atoms with Crippen LogP contribution in [0.25, 0.3) is 0 Å². The van der Waals surface area contributed by atoms with Crippen molar-refractivity contribution < 1.29 is 5.11 Å². The Labute approximate surface area is 86.7 Å². The van der Waals surface area contributed by atoms with Gasteiger partial charge in [-0.05, 0) is 45.7 Å². The van der Waals surface area contributed by atoms with E-state index in [1.165, 1.54) is 38.8 Å². The molecule has 0 aromatic rings. The third kappa shape index (κ3) is 2.27. The Bertz CT molecular complexity index is 170. The first-order valence-electron chi connectivity index (χ1n) is 5.93. The van der Waals surface area contributed by atoms with Gasteiger partial charge in [-0.15, -0.1) is 0 Å². The van der Waals surface area contributed by atoms with Crippen LogP contribution in [-0.2, 0) is 0 Å². The Morgan fingerprint density at radius 2 is 1.64 bits per heavy atom. The second-order valence-corrected chi connectivity index (χ2v) is 4.64. The van der Waals surface area contributed by atoms with Crippen molar-refractivity contribution in [3.63, 3.8) is 0 Å². The molecule has 14 heavy (non-hydrogen) atoms. The number of likely N-dealkylation sites (tertiary alicyclic amines) is 2. The first kappa shape index (κ1) is 10.4. The summed E-state index contributed by atoms with van der Waals surface area (Å²) < 4.78 is 0. The van der Waals surface area contributed by atoms with E-state index >= 15 is 0 Å². The van der Waals surface area contributed by atoms with Gasteiger partial charge in [0.15, 0.2) is 0 Å². The molecule has 82 valence electrons. The van der Waals surface area contributed by atoms with Crippen LogP contribution < -0.4 is 0 Å². The van der Waals surface area contributed by atoms with Crippen molar-refractivity contribution in [2.24, 2.45) is 0 Å². The molecule has 2 aliphatic heterocycles. The van der Waals surface area contributed by atoms with Crippen molar-refractivity contribution in [1.29, 1.82) is 0 Å². The summed E-state index contributed by atoms with van der Waals surface area (Å²) in [6.07, 6.45) is 5.00. The van der Waals surface area contributed by atoms with Gasteiger partial charge < -0.3 is 10.0 Å². The van der Waals surface area contributed by atoms with Crippen LogP contribution in [0.3, 0.4) is 0 Å². The smallest absolute Gasteiger partial charge is 0.104 e. The molecule has 1 unspecified atom stereocenters. The van der Waals surface area contributed by atoms with Crippen LogP contribution in [0.1, 0.15) is 32.6 Å². The van der Waals surface area contributed by atoms with Gasteiger partial charge in [0.05, 0.1) is 0 Å². The number of aliphatic hydroxyl groups is 1. The molecule has 0 aliphatic carbocycles. The van der Waals surface area contributed by atoms with Gasteiger partial charge in [-0.2, -0.15) is 0 Å². The maximum Gasteiger partial charge on any atom is 0.104 e. The molecule has 3 heteroatoms. The van der Waals surface area contributed by atoms with Crippen LogP contribution >= 0.6 is 0 Å². The largest absolute Gasteiger partial charge is 0.379 e. The van der Waals surface area contributed by atoms with Crippen LogP contribution in [0.2, 0.25) is 0 Å². The third-order valence-corrected chi connectivity index (χ3v) is 3.68. The molecular weight excluding hydrogens is 176 g/mol. The molecule has 0 aromatic carbocycles. The van der Waals surface area contributed by atoms with E-state index < -0.39 is 0 Å². The summed E-state index contributed by atoms with van der Waals surface area (Å²) in [7, 11) is 0. The van der Waals surface area contributed by atoms with E-state index in [1.54, 1.807) is 0 Å². The second-order valence-electron chi connectivity index (χ2n) is 4.64. The zero-order valence-electron chi connectivity index (χ0n) is 9.15. The van der Waals surface area contributed by atoms with Crippen molar-refractivity contribution in [3.8, 4) is 0 Å². The Morgan fingerprint density at radius 1 is 1.07 bits per heavy atom. The molecule has 1 N–H and O–H groups in total. The van der Waals surface area contributed by atoms with Gasteiger partial charge in [0.25, 0.3) is 0 Å². The van der Waals surface area contributed by atoms with Crippen LogP contribution in [0, 0.1) is 0 Å². The predicted octanol–water partition coefficient (Wildman–Crippen LogP) is 0.885. The monoisotopic (exact) mass is 198 g/mol. The minimum absolute atomic E-state index is 0.255. The van der Waals surface area contributed by atoms with Crippen LogP contribution in [-0.4, -0.2) is 53.4 Å². The molecule has 2 saturated heterocycles. The summed E-state index contributed by atoms with van der Waals surface area (Å²) in [5, 5.41) is 9.44. The number of hydrogen-bond acceptors (Lipinski definition) is 3. The molecule has 2 aliphatic rings. The lowest BCUT2D eigenvalue weighted by molar-refractivity contribution is -0.00976. The van der Waals surface area contributed by atoms with Gasteiger partial charge >= 0.3 is 0 Å². The minimum Gasteiger partial charge on any atom is -0.379 e. The van der Waals surface area contributed by atoms with Crippen molar-refractivity contribution in [2.75, 3.05) is 26.2 Å². The summed E-state index contributed by atoms with van der Waals surface area (Å²) >= 11 is 0. The van der Waals surface area contributed by atoms with E-state index in [0.29, 0.717) is 0 Å². The molecule has 0 aromatic heterocycles. The highest BCUT2D eigenvalue weighted by Crippen LogP contribution is 2.21. The summed E-state index contributed by atoms with van der Waals surface area (Å²) in [5.74, 6) is 0. The first-order chi connectivity index (χ1) is 6.77. The van der Waals surface area contributed by atoms with Gasteiger partial charge in [0.1, 0.15) is 6.23 Å². The van der Waals surface area contributed by atoms with E-state index in [-0.39, 0.29) is 6.23 Å². The number of piperidine rings is 1. The molecular formula is C11H22N2O. The summed E-state index contributed by atoms with van der Waals surface area (Å²) in [4.78, 5) is 4.81. The zero-order valence-corrected chi connectivity index (χ0v) is 9.15. The average Bonchev–Trinajstić information content (AvgIpc) is 2.71. The normalized spacial score (nSPS) is 29.6. The minimum atomic E-state index is -0.255. The summed E-state index contributed by atoms with van der Waals surface area (Å²) in [5.41, 5.74) is 0. The molecule has 0 radical (unpaired) electrons. The van der Waals surface area contributed by atoms with Crippen LogP contribution in [0.5, 0.6) is 0 Å². The molecule has 0 amide bonds. The molecule has 3 nitrogen and oxygen atoms in total. The highest BCUT2D eigenvalue weighted by atomic mass is 16.3. The number of nitrogens with zero attached hydrogens (tertiary/aromatic N) is 2. The van der Waals surface area contributed by atoms with Gasteiger partial charge in [0, 0.05) is 19.1 Å². The van der Waals surface area contributed by atoms with Crippen molar-refractivity contribution in [2.45, 2.75) is 44.9 Å². The fourth-order valence-electron chi connectivity index (χ4n) is 2.73. The number of hydrogen-bond donors (Lipinski definition) is 1. The zero-order chi connectivity index (χ0) is 9.97. The Balaban J connectivity index is 1.77. The standard InChI is InChI=1S/C11H22N2O/c1-10(14)12-8-4-11(5-9-12)13-6-2-3-7-13/h10-11,14H,2-9H2,1H3. The van der Waals surface area contributed by atoms with E-state index in [4.69, 9.17) is 0 Å². The Morgan fingerprint density at radius 3 is 2.14 bits per heavy atom. The number of rotatable bonds is 2. The molecule has 2 heterocycles. The fourth-order valence-corrected chi connectivity index (χ4v) is 2.73.